The molecule has 2 unspecified atom stereocenters. The van der Waals surface area contributed by atoms with Gasteiger partial charge in [0.1, 0.15) is 5.78 Å². The summed E-state index contributed by atoms with van der Waals surface area (Å²) in [4.78, 5) is 11.2. The summed E-state index contributed by atoms with van der Waals surface area (Å²) in [5.74, 6) is 0.388. The summed E-state index contributed by atoms with van der Waals surface area (Å²) in [7, 11) is 0. The Balaban J connectivity index is 2.92. The van der Waals surface area contributed by atoms with Crippen molar-refractivity contribution in [3.05, 3.63) is 35.4 Å². The van der Waals surface area contributed by atoms with Gasteiger partial charge in [0.25, 0.3) is 0 Å². The molecule has 0 spiro atoms. The number of Topliss-reactive ketones (excluding diaryl/α,β-unsaturated/α-hetero) is 1. The van der Waals surface area contributed by atoms with Crippen LogP contribution in [0.2, 0.25) is 0 Å². The minimum Gasteiger partial charge on any atom is -0.299 e. The summed E-state index contributed by atoms with van der Waals surface area (Å²) < 4.78 is 0. The molecule has 2 heteroatoms. The number of hydrogen-bond acceptors (Lipinski definition) is 1. The van der Waals surface area contributed by atoms with Crippen LogP contribution in [0.3, 0.4) is 0 Å². The first-order valence-corrected chi connectivity index (χ1v) is 6.90. The van der Waals surface area contributed by atoms with Crippen LogP contribution in [0, 0.1) is 0 Å². The molecule has 0 radical (unpaired) electrons. The second-order valence-electron chi connectivity index (χ2n) is 5.67. The zero-order valence-electron chi connectivity index (χ0n) is 11.3. The smallest absolute Gasteiger partial charge is 0.144 e. The second-order valence-corrected chi connectivity index (χ2v) is 6.66. The standard InChI is InChI=1S/C15H21BrO/c1-10(14(16)11(2)17)12-6-8-13(9-7-12)15(3,4)5/h6-10,14H,1-5H3. The van der Waals surface area contributed by atoms with Crippen molar-refractivity contribution < 1.29 is 4.79 Å². The predicted molar refractivity (Wildman–Crippen MR) is 77.0 cm³/mol. The first-order chi connectivity index (χ1) is 7.73. The van der Waals surface area contributed by atoms with E-state index in [1.807, 2.05) is 0 Å². The van der Waals surface area contributed by atoms with Crippen molar-refractivity contribution in [2.24, 2.45) is 0 Å². The number of carbonyl (C=O) groups is 1. The topological polar surface area (TPSA) is 17.1 Å². The maximum Gasteiger partial charge on any atom is 0.144 e. The molecule has 17 heavy (non-hydrogen) atoms. The Labute approximate surface area is 113 Å². The largest absolute Gasteiger partial charge is 0.299 e. The lowest BCUT2D eigenvalue weighted by Crippen LogP contribution is -2.18. The number of benzene rings is 1. The van der Waals surface area contributed by atoms with Gasteiger partial charge in [-0.2, -0.15) is 0 Å². The molecule has 1 rings (SSSR count). The zero-order chi connectivity index (χ0) is 13.2. The third-order valence-corrected chi connectivity index (χ3v) is 4.57. The van der Waals surface area contributed by atoms with Crippen LogP contribution in [0.15, 0.2) is 24.3 Å². The Morgan fingerprint density at radius 2 is 1.65 bits per heavy atom. The summed E-state index contributed by atoms with van der Waals surface area (Å²) in [5, 5.41) is 0. The Morgan fingerprint density at radius 1 is 1.18 bits per heavy atom. The lowest BCUT2D eigenvalue weighted by Gasteiger charge is -2.21. The van der Waals surface area contributed by atoms with Crippen molar-refractivity contribution >= 4 is 21.7 Å². The molecule has 0 heterocycles. The fourth-order valence-corrected chi connectivity index (χ4v) is 2.11. The Morgan fingerprint density at radius 3 is 2.00 bits per heavy atom. The molecule has 0 saturated heterocycles. The maximum atomic E-state index is 11.3. The van der Waals surface area contributed by atoms with Gasteiger partial charge in [0.15, 0.2) is 0 Å². The van der Waals surface area contributed by atoms with Gasteiger partial charge in [0, 0.05) is 5.92 Å². The van der Waals surface area contributed by atoms with E-state index in [1.165, 1.54) is 11.1 Å². The van der Waals surface area contributed by atoms with Crippen LogP contribution in [0.5, 0.6) is 0 Å². The van der Waals surface area contributed by atoms with Crippen molar-refractivity contribution in [2.45, 2.75) is 50.8 Å². The summed E-state index contributed by atoms with van der Waals surface area (Å²) in [6, 6.07) is 8.57. The third kappa shape index (κ3) is 3.67. The molecule has 0 bridgehead atoms. The Bertz CT molecular complexity index is 386. The van der Waals surface area contributed by atoms with E-state index in [9.17, 15) is 4.79 Å². The van der Waals surface area contributed by atoms with Crippen LogP contribution in [-0.4, -0.2) is 10.6 Å². The van der Waals surface area contributed by atoms with Crippen molar-refractivity contribution in [3.8, 4) is 0 Å². The van der Waals surface area contributed by atoms with E-state index in [0.717, 1.165) is 0 Å². The molecule has 1 nitrogen and oxygen atoms in total. The SMILES string of the molecule is CC(=O)C(Br)C(C)c1ccc(C(C)(C)C)cc1. The average Bonchev–Trinajstić information content (AvgIpc) is 2.26. The van der Waals surface area contributed by atoms with Crippen molar-refractivity contribution in [1.29, 1.82) is 0 Å². The van der Waals surface area contributed by atoms with Crippen LogP contribution in [0.1, 0.15) is 51.7 Å². The molecule has 0 N–H and O–H groups in total. The van der Waals surface area contributed by atoms with Crippen LogP contribution in [-0.2, 0) is 10.2 Å². The number of carbonyl (C=O) groups excluding carboxylic acids is 1. The molecule has 0 aliphatic heterocycles. The second kappa shape index (κ2) is 5.34. The zero-order valence-corrected chi connectivity index (χ0v) is 12.8. The minimum atomic E-state index is -0.0945. The van der Waals surface area contributed by atoms with Gasteiger partial charge in [-0.1, -0.05) is 67.9 Å². The molecule has 94 valence electrons. The quantitative estimate of drug-likeness (QED) is 0.754. The lowest BCUT2D eigenvalue weighted by molar-refractivity contribution is -0.116. The van der Waals surface area contributed by atoms with Gasteiger partial charge in [-0.3, -0.25) is 4.79 Å². The van der Waals surface area contributed by atoms with Gasteiger partial charge in [-0.25, -0.2) is 0 Å². The Hall–Kier alpha value is -0.630. The number of rotatable bonds is 3. The molecule has 0 saturated carbocycles. The van der Waals surface area contributed by atoms with Gasteiger partial charge in [-0.15, -0.1) is 0 Å². The van der Waals surface area contributed by atoms with Gasteiger partial charge in [-0.05, 0) is 23.5 Å². The predicted octanol–water partition coefficient (Wildman–Crippen LogP) is 4.44. The maximum absolute atomic E-state index is 11.3. The highest BCUT2D eigenvalue weighted by molar-refractivity contribution is 9.10. The number of alkyl halides is 1. The van der Waals surface area contributed by atoms with Crippen molar-refractivity contribution in [2.75, 3.05) is 0 Å². The van der Waals surface area contributed by atoms with Gasteiger partial charge in [0.2, 0.25) is 0 Å². The van der Waals surface area contributed by atoms with E-state index < -0.39 is 0 Å². The van der Waals surface area contributed by atoms with Crippen LogP contribution < -0.4 is 0 Å². The summed E-state index contributed by atoms with van der Waals surface area (Å²) in [5.41, 5.74) is 2.70. The third-order valence-electron chi connectivity index (χ3n) is 3.13. The lowest BCUT2D eigenvalue weighted by atomic mass is 9.85. The fourth-order valence-electron chi connectivity index (χ4n) is 1.81. The van der Waals surface area contributed by atoms with Gasteiger partial charge >= 0.3 is 0 Å². The van der Waals surface area contributed by atoms with E-state index in [4.69, 9.17) is 0 Å². The highest BCUT2D eigenvalue weighted by Crippen LogP contribution is 2.28. The van der Waals surface area contributed by atoms with Crippen LogP contribution in [0.25, 0.3) is 0 Å². The number of halogens is 1. The first kappa shape index (κ1) is 14.4. The van der Waals surface area contributed by atoms with E-state index in [1.54, 1.807) is 6.92 Å². The average molecular weight is 297 g/mol. The molecule has 2 atom stereocenters. The summed E-state index contributed by atoms with van der Waals surface area (Å²) in [6.45, 7) is 10.3. The fraction of sp³-hybridized carbons (Fsp3) is 0.533. The molecule has 0 aromatic heterocycles. The molecule has 1 aromatic carbocycles. The molecular formula is C15H21BrO. The van der Waals surface area contributed by atoms with E-state index in [2.05, 4.69) is 67.9 Å². The normalized spacial score (nSPS) is 15.4. The molecule has 0 amide bonds. The highest BCUT2D eigenvalue weighted by atomic mass is 79.9. The molecule has 0 aliphatic rings. The molecule has 1 aromatic rings. The van der Waals surface area contributed by atoms with Crippen LogP contribution in [0.4, 0.5) is 0 Å². The van der Waals surface area contributed by atoms with Gasteiger partial charge < -0.3 is 0 Å². The van der Waals surface area contributed by atoms with Gasteiger partial charge in [0.05, 0.1) is 4.83 Å². The molecule has 0 aliphatic carbocycles. The number of ketones is 1. The highest BCUT2D eigenvalue weighted by Gasteiger charge is 2.20. The molecule has 0 fully saturated rings. The van der Waals surface area contributed by atoms with Crippen molar-refractivity contribution in [3.63, 3.8) is 0 Å². The summed E-state index contributed by atoms with van der Waals surface area (Å²) in [6.07, 6.45) is 0. The van der Waals surface area contributed by atoms with E-state index >= 15 is 0 Å². The Kier molecular flexibility index (Phi) is 4.54. The van der Waals surface area contributed by atoms with E-state index in [0.29, 0.717) is 0 Å². The van der Waals surface area contributed by atoms with E-state index in [-0.39, 0.29) is 21.9 Å². The van der Waals surface area contributed by atoms with Crippen molar-refractivity contribution in [1.82, 2.24) is 0 Å². The monoisotopic (exact) mass is 296 g/mol. The summed E-state index contributed by atoms with van der Waals surface area (Å²) >= 11 is 3.45. The van der Waals surface area contributed by atoms with Crippen LogP contribution >= 0.6 is 15.9 Å². The first-order valence-electron chi connectivity index (χ1n) is 5.98. The minimum absolute atomic E-state index is 0.0945. The number of hydrogen-bond donors (Lipinski definition) is 0. The molecular weight excluding hydrogens is 276 g/mol.